The van der Waals surface area contributed by atoms with Gasteiger partial charge in [-0.3, -0.25) is 4.79 Å². The van der Waals surface area contributed by atoms with E-state index in [1.807, 2.05) is 37.3 Å². The molecule has 0 atom stereocenters. The molecule has 4 nitrogen and oxygen atoms in total. The molecular formula is C20H16NNaO3. The Morgan fingerprint density at radius 2 is 1.56 bits per heavy atom. The number of benzene rings is 2. The molecule has 2 aromatic carbocycles. The van der Waals surface area contributed by atoms with Crippen LogP contribution in [0.1, 0.15) is 15.9 Å². The molecule has 0 bridgehead atoms. The fourth-order valence-corrected chi connectivity index (χ4v) is 2.83. The number of carbonyl (C=O) groups excluding carboxylic acids is 1. The van der Waals surface area contributed by atoms with Crippen LogP contribution in [0, 0.1) is 6.92 Å². The van der Waals surface area contributed by atoms with Gasteiger partial charge in [-0.1, -0.05) is 60.2 Å². The SMILES string of the molecule is Cc1ccc(-c2cc(=O)c(C(=O)[O-])c(-c3ccccc3)n2C)cc1.[Na+]. The van der Waals surface area contributed by atoms with Gasteiger partial charge in [-0.05, 0) is 18.1 Å². The van der Waals surface area contributed by atoms with E-state index in [9.17, 15) is 14.7 Å². The van der Waals surface area contributed by atoms with Crippen LogP contribution in [0.3, 0.4) is 0 Å². The first-order valence-corrected chi connectivity index (χ1v) is 7.57. The molecular weight excluding hydrogens is 325 g/mol. The summed E-state index contributed by atoms with van der Waals surface area (Å²) in [4.78, 5) is 24.0. The van der Waals surface area contributed by atoms with E-state index in [0.717, 1.165) is 11.1 Å². The van der Waals surface area contributed by atoms with Crippen molar-refractivity contribution < 1.29 is 39.5 Å². The zero-order valence-corrected chi connectivity index (χ0v) is 16.4. The largest absolute Gasteiger partial charge is 1.00 e. The maximum atomic E-state index is 12.4. The van der Waals surface area contributed by atoms with E-state index in [2.05, 4.69) is 0 Å². The number of rotatable bonds is 3. The smallest absolute Gasteiger partial charge is 0.545 e. The van der Waals surface area contributed by atoms with Crippen molar-refractivity contribution in [2.75, 3.05) is 0 Å². The van der Waals surface area contributed by atoms with Crippen molar-refractivity contribution in [3.8, 4) is 22.5 Å². The first-order valence-electron chi connectivity index (χ1n) is 7.57. The first-order chi connectivity index (χ1) is 11.5. The Bertz CT molecular complexity index is 961. The summed E-state index contributed by atoms with van der Waals surface area (Å²) in [6.07, 6.45) is 0. The Morgan fingerprint density at radius 1 is 0.960 bits per heavy atom. The Hall–Kier alpha value is -2.14. The van der Waals surface area contributed by atoms with Crippen molar-refractivity contribution in [1.29, 1.82) is 0 Å². The summed E-state index contributed by atoms with van der Waals surface area (Å²) >= 11 is 0. The summed E-state index contributed by atoms with van der Waals surface area (Å²) in [6.45, 7) is 1.98. The van der Waals surface area contributed by atoms with Crippen LogP contribution in [0.4, 0.5) is 0 Å². The molecule has 0 N–H and O–H groups in total. The Balaban J connectivity index is 0.00000225. The topological polar surface area (TPSA) is 62.1 Å². The van der Waals surface area contributed by atoms with Gasteiger partial charge in [0.05, 0.1) is 22.9 Å². The second-order valence-electron chi connectivity index (χ2n) is 5.70. The number of carboxylic acid groups (broad SMARTS) is 1. The second kappa shape index (κ2) is 7.83. The van der Waals surface area contributed by atoms with E-state index in [0.29, 0.717) is 17.0 Å². The molecule has 0 aliphatic heterocycles. The third kappa shape index (κ3) is 3.76. The molecule has 5 heteroatoms. The van der Waals surface area contributed by atoms with Crippen molar-refractivity contribution in [2.45, 2.75) is 6.92 Å². The van der Waals surface area contributed by atoms with Crippen molar-refractivity contribution in [1.82, 2.24) is 4.57 Å². The summed E-state index contributed by atoms with van der Waals surface area (Å²) in [5.74, 6) is -1.47. The predicted octanol–water partition coefficient (Wildman–Crippen LogP) is -0.605. The minimum Gasteiger partial charge on any atom is -0.545 e. The number of carboxylic acids is 1. The van der Waals surface area contributed by atoms with Crippen LogP contribution in [0.15, 0.2) is 65.5 Å². The summed E-state index contributed by atoms with van der Waals surface area (Å²) in [6, 6.07) is 18.1. The van der Waals surface area contributed by atoms with Crippen LogP contribution in [-0.2, 0) is 7.05 Å². The fourth-order valence-electron chi connectivity index (χ4n) is 2.83. The van der Waals surface area contributed by atoms with Gasteiger partial charge in [0.15, 0.2) is 5.43 Å². The van der Waals surface area contributed by atoms with E-state index in [-0.39, 0.29) is 35.1 Å². The molecule has 3 rings (SSSR count). The van der Waals surface area contributed by atoms with E-state index >= 15 is 0 Å². The Morgan fingerprint density at radius 3 is 2.12 bits per heavy atom. The van der Waals surface area contributed by atoms with Crippen LogP contribution in [0.5, 0.6) is 0 Å². The van der Waals surface area contributed by atoms with Crippen LogP contribution in [0.2, 0.25) is 0 Å². The van der Waals surface area contributed by atoms with Gasteiger partial charge in [-0.25, -0.2) is 0 Å². The monoisotopic (exact) mass is 341 g/mol. The van der Waals surface area contributed by atoms with E-state index < -0.39 is 11.4 Å². The molecule has 120 valence electrons. The van der Waals surface area contributed by atoms with Gasteiger partial charge in [0.25, 0.3) is 0 Å². The third-order valence-electron chi connectivity index (χ3n) is 4.05. The number of pyridine rings is 1. The summed E-state index contributed by atoms with van der Waals surface area (Å²) in [5, 5.41) is 11.5. The number of nitrogens with zero attached hydrogens (tertiary/aromatic N) is 1. The first kappa shape index (κ1) is 19.2. The molecule has 0 saturated heterocycles. The molecule has 0 aliphatic carbocycles. The van der Waals surface area contributed by atoms with Crippen LogP contribution < -0.4 is 40.1 Å². The van der Waals surface area contributed by atoms with Gasteiger partial charge < -0.3 is 14.5 Å². The summed E-state index contributed by atoms with van der Waals surface area (Å²) in [5.41, 5.74) is 2.75. The van der Waals surface area contributed by atoms with E-state index in [1.165, 1.54) is 6.07 Å². The van der Waals surface area contributed by atoms with Gasteiger partial charge >= 0.3 is 29.6 Å². The van der Waals surface area contributed by atoms with Crippen molar-refractivity contribution in [3.63, 3.8) is 0 Å². The van der Waals surface area contributed by atoms with Crippen molar-refractivity contribution in [2.24, 2.45) is 7.05 Å². The molecule has 25 heavy (non-hydrogen) atoms. The molecule has 0 amide bonds. The number of hydrogen-bond donors (Lipinski definition) is 0. The van der Waals surface area contributed by atoms with Gasteiger partial charge in [-0.15, -0.1) is 0 Å². The number of aromatic nitrogens is 1. The van der Waals surface area contributed by atoms with E-state index in [4.69, 9.17) is 0 Å². The standard InChI is InChI=1S/C20H17NO3.Na/c1-13-8-10-14(11-9-13)16-12-17(22)18(20(23)24)19(21(16)2)15-6-4-3-5-7-15;/h3-12H,1-2H3,(H,23,24);/q;+1/p-1. The third-order valence-corrected chi connectivity index (χ3v) is 4.05. The van der Waals surface area contributed by atoms with Gasteiger partial charge in [-0.2, -0.15) is 0 Å². The molecule has 0 spiro atoms. The molecule has 0 fully saturated rings. The average Bonchev–Trinajstić information content (AvgIpc) is 2.57. The quantitative estimate of drug-likeness (QED) is 0.598. The number of aromatic carboxylic acids is 1. The summed E-state index contributed by atoms with van der Waals surface area (Å²) in [7, 11) is 1.75. The van der Waals surface area contributed by atoms with Crippen LogP contribution >= 0.6 is 0 Å². The Kier molecular flexibility index (Phi) is 6.01. The zero-order chi connectivity index (χ0) is 17.3. The molecule has 3 aromatic rings. The molecule has 1 heterocycles. The Labute approximate surface area is 168 Å². The number of carbonyl (C=O) groups is 1. The van der Waals surface area contributed by atoms with Crippen LogP contribution in [-0.4, -0.2) is 10.5 Å². The van der Waals surface area contributed by atoms with Gasteiger partial charge in [0, 0.05) is 13.1 Å². The van der Waals surface area contributed by atoms with Crippen LogP contribution in [0.25, 0.3) is 22.5 Å². The number of aryl methyl sites for hydroxylation is 1. The molecule has 0 unspecified atom stereocenters. The molecule has 0 saturated carbocycles. The minimum absolute atomic E-state index is 0. The van der Waals surface area contributed by atoms with Gasteiger partial charge in [0.1, 0.15) is 0 Å². The average molecular weight is 341 g/mol. The fraction of sp³-hybridized carbons (Fsp3) is 0.100. The van der Waals surface area contributed by atoms with Crippen molar-refractivity contribution in [3.05, 3.63) is 82.0 Å². The second-order valence-corrected chi connectivity index (χ2v) is 5.70. The maximum absolute atomic E-state index is 12.4. The number of hydrogen-bond acceptors (Lipinski definition) is 3. The molecule has 0 radical (unpaired) electrons. The maximum Gasteiger partial charge on any atom is 1.00 e. The molecule has 1 aromatic heterocycles. The normalized spacial score (nSPS) is 10.2. The van der Waals surface area contributed by atoms with E-state index in [1.54, 1.807) is 35.9 Å². The van der Waals surface area contributed by atoms with Gasteiger partial charge in [0.2, 0.25) is 0 Å². The van der Waals surface area contributed by atoms with Crippen molar-refractivity contribution >= 4 is 5.97 Å². The zero-order valence-electron chi connectivity index (χ0n) is 14.4. The summed E-state index contributed by atoms with van der Waals surface area (Å²) < 4.78 is 1.73. The predicted molar refractivity (Wildman–Crippen MR) is 91.6 cm³/mol. The minimum atomic E-state index is -1.47. The molecule has 0 aliphatic rings.